The topological polar surface area (TPSA) is 58.4 Å². The van der Waals surface area contributed by atoms with Gasteiger partial charge in [-0.15, -0.1) is 0 Å². The van der Waals surface area contributed by atoms with E-state index >= 15 is 0 Å². The molecule has 1 aliphatic rings. The third-order valence-corrected chi connectivity index (χ3v) is 5.30. The Morgan fingerprint density at radius 2 is 1.95 bits per heavy atom. The second-order valence-corrected chi connectivity index (χ2v) is 7.48. The molecule has 1 aliphatic carbocycles. The summed E-state index contributed by atoms with van der Waals surface area (Å²) in [7, 11) is 2.18. The van der Waals surface area contributed by atoms with Crippen molar-refractivity contribution in [2.24, 2.45) is 17.6 Å². The molecule has 1 rings (SSSR count). The SMILES string of the molecule is CC(C)NC1(C(N)=O)CCCC1CCN(C)C(C)C(C)C. The van der Waals surface area contributed by atoms with Crippen molar-refractivity contribution in [2.45, 2.75) is 77.9 Å². The predicted octanol–water partition coefficient (Wildman–Crippen LogP) is 2.38. The quantitative estimate of drug-likeness (QED) is 0.723. The molecule has 0 aromatic heterocycles. The molecule has 1 saturated carbocycles. The minimum Gasteiger partial charge on any atom is -0.368 e. The number of carbonyl (C=O) groups is 1. The van der Waals surface area contributed by atoms with E-state index in [1.165, 1.54) is 0 Å². The van der Waals surface area contributed by atoms with Crippen molar-refractivity contribution in [1.82, 2.24) is 10.2 Å². The number of hydrogen-bond acceptors (Lipinski definition) is 3. The Hall–Kier alpha value is -0.610. The van der Waals surface area contributed by atoms with E-state index in [0.717, 1.165) is 32.2 Å². The van der Waals surface area contributed by atoms with Crippen LogP contribution in [0.25, 0.3) is 0 Å². The maximum atomic E-state index is 12.1. The van der Waals surface area contributed by atoms with Gasteiger partial charge in [0.25, 0.3) is 0 Å². The molecule has 21 heavy (non-hydrogen) atoms. The van der Waals surface area contributed by atoms with Crippen molar-refractivity contribution >= 4 is 5.91 Å². The molecular weight excluding hydrogens is 262 g/mol. The van der Waals surface area contributed by atoms with Crippen LogP contribution in [-0.2, 0) is 4.79 Å². The largest absolute Gasteiger partial charge is 0.368 e. The minimum atomic E-state index is -0.490. The molecule has 0 radical (unpaired) electrons. The fourth-order valence-electron chi connectivity index (χ4n) is 3.64. The first-order valence-corrected chi connectivity index (χ1v) is 8.48. The molecule has 0 heterocycles. The average molecular weight is 297 g/mol. The number of nitrogens with one attached hydrogen (secondary N) is 1. The molecule has 4 heteroatoms. The van der Waals surface area contributed by atoms with Crippen molar-refractivity contribution in [1.29, 1.82) is 0 Å². The molecule has 1 fully saturated rings. The van der Waals surface area contributed by atoms with Crippen LogP contribution in [0.5, 0.6) is 0 Å². The van der Waals surface area contributed by atoms with E-state index in [2.05, 4.69) is 51.9 Å². The molecule has 0 aromatic carbocycles. The van der Waals surface area contributed by atoms with Gasteiger partial charge in [0.1, 0.15) is 5.54 Å². The summed E-state index contributed by atoms with van der Waals surface area (Å²) in [6.07, 6.45) is 4.12. The lowest BCUT2D eigenvalue weighted by molar-refractivity contribution is -0.126. The van der Waals surface area contributed by atoms with Crippen LogP contribution in [0.15, 0.2) is 0 Å². The zero-order valence-corrected chi connectivity index (χ0v) is 14.8. The Kier molecular flexibility index (Phi) is 6.67. The van der Waals surface area contributed by atoms with Gasteiger partial charge in [-0.3, -0.25) is 4.79 Å². The highest BCUT2D eigenvalue weighted by atomic mass is 16.1. The van der Waals surface area contributed by atoms with E-state index in [4.69, 9.17) is 5.73 Å². The van der Waals surface area contributed by atoms with E-state index in [0.29, 0.717) is 17.9 Å². The van der Waals surface area contributed by atoms with E-state index in [9.17, 15) is 4.79 Å². The van der Waals surface area contributed by atoms with Crippen molar-refractivity contribution in [2.75, 3.05) is 13.6 Å². The number of primary amides is 1. The minimum absolute atomic E-state index is 0.168. The molecule has 0 bridgehead atoms. The van der Waals surface area contributed by atoms with Gasteiger partial charge in [0.15, 0.2) is 0 Å². The highest BCUT2D eigenvalue weighted by molar-refractivity contribution is 5.85. The van der Waals surface area contributed by atoms with Gasteiger partial charge in [-0.2, -0.15) is 0 Å². The average Bonchev–Trinajstić information content (AvgIpc) is 2.78. The summed E-state index contributed by atoms with van der Waals surface area (Å²) in [5, 5.41) is 3.49. The fourth-order valence-corrected chi connectivity index (χ4v) is 3.64. The molecule has 0 aromatic rings. The molecule has 3 atom stereocenters. The summed E-state index contributed by atoms with van der Waals surface area (Å²) in [5.41, 5.74) is 5.28. The van der Waals surface area contributed by atoms with E-state index in [1.807, 2.05) is 0 Å². The van der Waals surface area contributed by atoms with Gasteiger partial charge in [-0.25, -0.2) is 0 Å². The highest BCUT2D eigenvalue weighted by Crippen LogP contribution is 2.38. The van der Waals surface area contributed by atoms with Crippen LogP contribution in [0, 0.1) is 11.8 Å². The summed E-state index contributed by atoms with van der Waals surface area (Å²) in [4.78, 5) is 14.5. The van der Waals surface area contributed by atoms with Gasteiger partial charge in [-0.1, -0.05) is 20.3 Å². The number of carbonyl (C=O) groups excluding carboxylic acids is 1. The van der Waals surface area contributed by atoms with Gasteiger partial charge >= 0.3 is 0 Å². The van der Waals surface area contributed by atoms with Crippen molar-refractivity contribution < 1.29 is 4.79 Å². The molecule has 3 unspecified atom stereocenters. The van der Waals surface area contributed by atoms with Crippen LogP contribution >= 0.6 is 0 Å². The first-order chi connectivity index (χ1) is 9.70. The van der Waals surface area contributed by atoms with E-state index in [-0.39, 0.29) is 11.9 Å². The second kappa shape index (κ2) is 7.59. The molecule has 3 N–H and O–H groups in total. The number of hydrogen-bond donors (Lipinski definition) is 2. The van der Waals surface area contributed by atoms with Crippen molar-refractivity contribution in [3.8, 4) is 0 Å². The Labute approximate surface area is 130 Å². The summed E-state index contributed by atoms with van der Waals surface area (Å²) in [5.74, 6) is 0.839. The Morgan fingerprint density at radius 1 is 1.33 bits per heavy atom. The van der Waals surface area contributed by atoms with Crippen molar-refractivity contribution in [3.63, 3.8) is 0 Å². The van der Waals surface area contributed by atoms with Crippen LogP contribution in [0.4, 0.5) is 0 Å². The van der Waals surface area contributed by atoms with Crippen LogP contribution in [0.1, 0.15) is 60.3 Å². The third kappa shape index (κ3) is 4.43. The van der Waals surface area contributed by atoms with Gasteiger partial charge in [0.05, 0.1) is 0 Å². The van der Waals surface area contributed by atoms with E-state index < -0.39 is 5.54 Å². The third-order valence-electron chi connectivity index (χ3n) is 5.30. The molecule has 0 spiro atoms. The monoisotopic (exact) mass is 297 g/mol. The van der Waals surface area contributed by atoms with E-state index in [1.54, 1.807) is 0 Å². The smallest absolute Gasteiger partial charge is 0.238 e. The van der Waals surface area contributed by atoms with Gasteiger partial charge in [0, 0.05) is 12.1 Å². The summed E-state index contributed by atoms with van der Waals surface area (Å²) < 4.78 is 0. The van der Waals surface area contributed by atoms with Crippen LogP contribution in [0.3, 0.4) is 0 Å². The molecular formula is C17H35N3O. The number of rotatable bonds is 8. The number of nitrogens with zero attached hydrogens (tertiary/aromatic N) is 1. The zero-order chi connectivity index (χ0) is 16.2. The Bertz CT molecular complexity index is 343. The molecule has 4 nitrogen and oxygen atoms in total. The Balaban J connectivity index is 2.69. The maximum Gasteiger partial charge on any atom is 0.238 e. The zero-order valence-electron chi connectivity index (χ0n) is 14.8. The summed E-state index contributed by atoms with van der Waals surface area (Å²) >= 11 is 0. The lowest BCUT2D eigenvalue weighted by Gasteiger charge is -2.37. The summed E-state index contributed by atoms with van der Waals surface area (Å²) in [6, 6.07) is 0.845. The van der Waals surface area contributed by atoms with Gasteiger partial charge in [-0.05, 0) is 65.5 Å². The first kappa shape index (κ1) is 18.4. The van der Waals surface area contributed by atoms with Crippen LogP contribution in [-0.4, -0.2) is 42.0 Å². The van der Waals surface area contributed by atoms with Gasteiger partial charge in [0.2, 0.25) is 5.91 Å². The second-order valence-electron chi connectivity index (χ2n) is 7.48. The standard InChI is InChI=1S/C17H35N3O/c1-12(2)14(5)20(6)11-9-15-8-7-10-17(15,16(18)21)19-13(3)4/h12-15,19H,7-11H2,1-6H3,(H2,18,21). The maximum absolute atomic E-state index is 12.1. The number of amides is 1. The first-order valence-electron chi connectivity index (χ1n) is 8.48. The molecule has 124 valence electrons. The fraction of sp³-hybridized carbons (Fsp3) is 0.941. The normalized spacial score (nSPS) is 27.8. The number of nitrogens with two attached hydrogens (primary N) is 1. The molecule has 0 aliphatic heterocycles. The Morgan fingerprint density at radius 3 is 2.43 bits per heavy atom. The lowest BCUT2D eigenvalue weighted by atomic mass is 9.83. The lowest BCUT2D eigenvalue weighted by Crippen LogP contribution is -2.60. The molecule has 0 saturated heterocycles. The van der Waals surface area contributed by atoms with Crippen LogP contribution < -0.4 is 11.1 Å². The molecule has 1 amide bonds. The van der Waals surface area contributed by atoms with Crippen molar-refractivity contribution in [3.05, 3.63) is 0 Å². The predicted molar refractivity (Wildman–Crippen MR) is 89.1 cm³/mol. The van der Waals surface area contributed by atoms with Crippen LogP contribution in [0.2, 0.25) is 0 Å². The van der Waals surface area contributed by atoms with Gasteiger partial charge < -0.3 is 16.0 Å². The highest BCUT2D eigenvalue weighted by Gasteiger charge is 2.47. The summed E-state index contributed by atoms with van der Waals surface area (Å²) in [6.45, 7) is 12.0.